The predicted octanol–water partition coefficient (Wildman–Crippen LogP) is 4.58. The summed E-state index contributed by atoms with van der Waals surface area (Å²) in [4.78, 5) is 29.8. The molecule has 2 amide bonds. The minimum Gasteiger partial charge on any atom is -0.308 e. The van der Waals surface area contributed by atoms with Gasteiger partial charge >= 0.3 is 0 Å². The largest absolute Gasteiger partial charge is 0.308 e. The quantitative estimate of drug-likeness (QED) is 0.498. The molecule has 0 atom stereocenters. The third-order valence-electron chi connectivity index (χ3n) is 4.24. The topological polar surface area (TPSA) is 40.6 Å². The molecule has 2 heterocycles. The number of thiocarbonyl (C=S) groups is 1. The highest BCUT2D eigenvalue weighted by atomic mass is 79.9. The van der Waals surface area contributed by atoms with E-state index in [4.69, 9.17) is 12.2 Å². The lowest BCUT2D eigenvalue weighted by Gasteiger charge is -2.15. The first-order chi connectivity index (χ1) is 12.0. The lowest BCUT2D eigenvalue weighted by atomic mass is 10.1. The molecule has 0 aliphatic carbocycles. The van der Waals surface area contributed by atoms with Crippen molar-refractivity contribution in [2.45, 2.75) is 33.1 Å². The van der Waals surface area contributed by atoms with Gasteiger partial charge in [-0.15, -0.1) is 0 Å². The number of hydrogen-bond acceptors (Lipinski definition) is 4. The molecule has 2 aliphatic heterocycles. The van der Waals surface area contributed by atoms with Crippen LogP contribution in [0, 0.1) is 0 Å². The zero-order chi connectivity index (χ0) is 18.1. The lowest BCUT2D eigenvalue weighted by Crippen LogP contribution is -2.30. The average molecular weight is 439 g/mol. The van der Waals surface area contributed by atoms with E-state index in [1.165, 1.54) is 11.8 Å². The summed E-state index contributed by atoms with van der Waals surface area (Å²) in [6.07, 6.45) is 2.74. The van der Waals surface area contributed by atoms with Crippen LogP contribution in [0.1, 0.15) is 38.7 Å². The van der Waals surface area contributed by atoms with Gasteiger partial charge in [-0.05, 0) is 31.0 Å². The molecular formula is C18H19BrN2O2S2. The Kier molecular flexibility index (Phi) is 5.65. The molecule has 4 nitrogen and oxygen atoms in total. The Morgan fingerprint density at radius 1 is 1.08 bits per heavy atom. The Morgan fingerprint density at radius 2 is 1.84 bits per heavy atom. The second kappa shape index (κ2) is 7.60. The van der Waals surface area contributed by atoms with E-state index in [1.807, 2.05) is 25.1 Å². The average Bonchev–Trinajstić information content (AvgIpc) is 3.00. The van der Waals surface area contributed by atoms with Crippen molar-refractivity contribution in [2.75, 3.05) is 18.0 Å². The highest BCUT2D eigenvalue weighted by Gasteiger charge is 2.41. The number of hydrogen-bond donors (Lipinski definition) is 0. The zero-order valence-electron chi connectivity index (χ0n) is 14.2. The van der Waals surface area contributed by atoms with Gasteiger partial charge < -0.3 is 4.90 Å². The Balaban J connectivity index is 2.09. The van der Waals surface area contributed by atoms with Crippen molar-refractivity contribution in [3.63, 3.8) is 0 Å². The number of carbonyl (C=O) groups is 2. The Bertz CT molecular complexity index is 791. The van der Waals surface area contributed by atoms with Crippen LogP contribution in [-0.4, -0.2) is 34.1 Å². The van der Waals surface area contributed by atoms with Crippen molar-refractivity contribution in [3.8, 4) is 0 Å². The molecule has 0 aromatic heterocycles. The molecule has 25 heavy (non-hydrogen) atoms. The fourth-order valence-electron chi connectivity index (χ4n) is 3.03. The number of rotatable bonds is 5. The first-order valence-corrected chi connectivity index (χ1v) is 10.4. The summed E-state index contributed by atoms with van der Waals surface area (Å²) in [5, 5.41) is 0. The van der Waals surface area contributed by atoms with Crippen LogP contribution in [0.15, 0.2) is 27.6 Å². The van der Waals surface area contributed by atoms with Gasteiger partial charge in [0, 0.05) is 23.1 Å². The van der Waals surface area contributed by atoms with E-state index in [-0.39, 0.29) is 11.8 Å². The Hall–Kier alpha value is -1.18. The van der Waals surface area contributed by atoms with Crippen molar-refractivity contribution in [1.29, 1.82) is 0 Å². The van der Waals surface area contributed by atoms with Gasteiger partial charge in [-0.2, -0.15) is 0 Å². The van der Waals surface area contributed by atoms with Gasteiger partial charge in [-0.1, -0.05) is 60.2 Å². The number of unbranched alkanes of at least 4 members (excludes halogenated alkanes) is 1. The number of thioether (sulfide) groups is 1. The maximum absolute atomic E-state index is 13.0. The number of halogens is 1. The zero-order valence-corrected chi connectivity index (χ0v) is 17.4. The molecule has 1 saturated heterocycles. The summed E-state index contributed by atoms with van der Waals surface area (Å²) in [7, 11) is 0. The van der Waals surface area contributed by atoms with E-state index in [2.05, 4.69) is 22.9 Å². The SMILES string of the molecule is CCCCN1C(=O)C(=C2C(=O)N(CCC)c3ccc(Br)cc32)SC1=S. The van der Waals surface area contributed by atoms with Gasteiger partial charge in [0.25, 0.3) is 11.8 Å². The summed E-state index contributed by atoms with van der Waals surface area (Å²) in [6, 6.07) is 5.76. The van der Waals surface area contributed by atoms with Crippen LogP contribution in [0.2, 0.25) is 0 Å². The van der Waals surface area contributed by atoms with E-state index < -0.39 is 0 Å². The number of nitrogens with zero attached hydrogens (tertiary/aromatic N) is 2. The standard InChI is InChI=1S/C18H19BrN2O2S2/c1-3-5-9-21-17(23)15(25-18(21)24)14-12-10-11(19)6-7-13(12)20(8-4-2)16(14)22/h6-7,10H,3-5,8-9H2,1-2H3. The monoisotopic (exact) mass is 438 g/mol. The Morgan fingerprint density at radius 3 is 2.52 bits per heavy atom. The Labute approximate surface area is 165 Å². The summed E-state index contributed by atoms with van der Waals surface area (Å²) in [6.45, 7) is 5.35. The molecular weight excluding hydrogens is 420 g/mol. The number of fused-ring (bicyclic) bond motifs is 1. The number of carbonyl (C=O) groups excluding carboxylic acids is 2. The van der Waals surface area contributed by atoms with E-state index in [9.17, 15) is 9.59 Å². The van der Waals surface area contributed by atoms with Crippen LogP contribution >= 0.6 is 39.9 Å². The van der Waals surface area contributed by atoms with Crippen molar-refractivity contribution in [1.82, 2.24) is 4.90 Å². The maximum atomic E-state index is 13.0. The molecule has 1 fully saturated rings. The van der Waals surface area contributed by atoms with E-state index in [0.717, 1.165) is 35.0 Å². The second-order valence-electron chi connectivity index (χ2n) is 6.00. The van der Waals surface area contributed by atoms with E-state index in [1.54, 1.807) is 9.80 Å². The number of benzene rings is 1. The summed E-state index contributed by atoms with van der Waals surface area (Å²) in [5.74, 6) is -0.248. The van der Waals surface area contributed by atoms with Gasteiger partial charge in [0.1, 0.15) is 4.32 Å². The van der Waals surface area contributed by atoms with E-state index in [0.29, 0.717) is 27.9 Å². The first-order valence-electron chi connectivity index (χ1n) is 8.39. The van der Waals surface area contributed by atoms with Crippen molar-refractivity contribution < 1.29 is 9.59 Å². The van der Waals surface area contributed by atoms with Crippen LogP contribution in [0.4, 0.5) is 5.69 Å². The van der Waals surface area contributed by atoms with Crippen molar-refractivity contribution in [2.24, 2.45) is 0 Å². The smallest absolute Gasteiger partial charge is 0.267 e. The van der Waals surface area contributed by atoms with Crippen LogP contribution < -0.4 is 4.90 Å². The molecule has 132 valence electrons. The maximum Gasteiger partial charge on any atom is 0.267 e. The fourth-order valence-corrected chi connectivity index (χ4v) is 4.77. The third kappa shape index (κ3) is 3.29. The van der Waals surface area contributed by atoms with Crippen LogP contribution in [0.5, 0.6) is 0 Å². The third-order valence-corrected chi connectivity index (χ3v) is 6.18. The summed E-state index contributed by atoms with van der Waals surface area (Å²) < 4.78 is 1.43. The van der Waals surface area contributed by atoms with Gasteiger partial charge in [0.05, 0.1) is 16.2 Å². The van der Waals surface area contributed by atoms with Gasteiger partial charge in [0.15, 0.2) is 0 Å². The first kappa shape index (κ1) is 18.6. The van der Waals surface area contributed by atoms with Gasteiger partial charge in [-0.3, -0.25) is 14.5 Å². The molecule has 0 bridgehead atoms. The van der Waals surface area contributed by atoms with E-state index >= 15 is 0 Å². The van der Waals surface area contributed by atoms with Crippen molar-refractivity contribution >= 4 is 67.3 Å². The minimum atomic E-state index is -0.143. The predicted molar refractivity (Wildman–Crippen MR) is 111 cm³/mol. The van der Waals surface area contributed by atoms with Crippen LogP contribution in [0.25, 0.3) is 5.57 Å². The highest BCUT2D eigenvalue weighted by molar-refractivity contribution is 9.10. The molecule has 0 spiro atoms. The van der Waals surface area contributed by atoms with Crippen molar-refractivity contribution in [3.05, 3.63) is 33.1 Å². The molecule has 1 aromatic rings. The summed E-state index contributed by atoms with van der Waals surface area (Å²) in [5.41, 5.74) is 2.16. The molecule has 3 rings (SSSR count). The molecule has 0 unspecified atom stereocenters. The molecule has 0 N–H and O–H groups in total. The van der Waals surface area contributed by atoms with Gasteiger partial charge in [0.2, 0.25) is 0 Å². The normalized spacial score (nSPS) is 20.0. The number of anilines is 1. The molecule has 7 heteroatoms. The number of amides is 2. The van der Waals surface area contributed by atoms with Crippen LogP contribution in [0.3, 0.4) is 0 Å². The lowest BCUT2D eigenvalue weighted by molar-refractivity contribution is -0.122. The highest BCUT2D eigenvalue weighted by Crippen LogP contribution is 2.45. The van der Waals surface area contributed by atoms with Gasteiger partial charge in [-0.25, -0.2) is 0 Å². The molecule has 1 aromatic carbocycles. The second-order valence-corrected chi connectivity index (χ2v) is 8.56. The molecule has 0 radical (unpaired) electrons. The molecule has 0 saturated carbocycles. The minimum absolute atomic E-state index is 0.106. The molecule has 2 aliphatic rings. The fraction of sp³-hybridized carbons (Fsp3) is 0.389. The summed E-state index contributed by atoms with van der Waals surface area (Å²) >= 11 is 10.1. The van der Waals surface area contributed by atoms with Crippen LogP contribution in [-0.2, 0) is 9.59 Å².